The second-order valence-corrected chi connectivity index (χ2v) is 6.49. The second kappa shape index (κ2) is 7.75. The van der Waals surface area contributed by atoms with Gasteiger partial charge in [-0.25, -0.2) is 4.79 Å². The zero-order valence-corrected chi connectivity index (χ0v) is 15.7. The van der Waals surface area contributed by atoms with E-state index in [4.69, 9.17) is 18.9 Å². The highest BCUT2D eigenvalue weighted by Gasteiger charge is 2.19. The third-order valence-corrected chi connectivity index (χ3v) is 4.48. The minimum absolute atomic E-state index is 0.155. The first-order chi connectivity index (χ1) is 14.1. The standard InChI is InChI=1S/C21H19NO7/c1-2-3-8-26-21(25)18-19(23)15-9-12(4-6-14(15)20(24)22-18)29-13-5-7-16-17(10-13)28-11-27-16/h4-7,9-10,23H,2-3,8,11H2,1H3,(H,22,24). The lowest BCUT2D eigenvalue weighted by atomic mass is 10.1. The summed E-state index contributed by atoms with van der Waals surface area (Å²) in [6.07, 6.45) is 1.55. The molecule has 0 saturated heterocycles. The van der Waals surface area contributed by atoms with Crippen LogP contribution in [0, 0.1) is 0 Å². The van der Waals surface area contributed by atoms with Gasteiger partial charge in [0.2, 0.25) is 6.79 Å². The highest BCUT2D eigenvalue weighted by Crippen LogP contribution is 2.37. The minimum atomic E-state index is -0.781. The molecule has 4 rings (SSSR count). The van der Waals surface area contributed by atoms with Crippen LogP contribution in [0.25, 0.3) is 10.8 Å². The van der Waals surface area contributed by atoms with E-state index in [1.807, 2.05) is 6.92 Å². The molecule has 8 heteroatoms. The molecule has 0 bridgehead atoms. The number of fused-ring (bicyclic) bond motifs is 2. The van der Waals surface area contributed by atoms with Crippen molar-refractivity contribution in [3.63, 3.8) is 0 Å². The van der Waals surface area contributed by atoms with Crippen LogP contribution >= 0.6 is 0 Å². The topological polar surface area (TPSA) is 107 Å². The summed E-state index contributed by atoms with van der Waals surface area (Å²) in [5, 5.41) is 11.0. The summed E-state index contributed by atoms with van der Waals surface area (Å²) in [5.74, 6) is 0.930. The summed E-state index contributed by atoms with van der Waals surface area (Å²) < 4.78 is 21.5. The Morgan fingerprint density at radius 3 is 2.69 bits per heavy atom. The van der Waals surface area contributed by atoms with Gasteiger partial charge in [-0.1, -0.05) is 13.3 Å². The van der Waals surface area contributed by atoms with E-state index in [1.165, 1.54) is 12.1 Å². The van der Waals surface area contributed by atoms with Crippen LogP contribution in [-0.4, -0.2) is 29.5 Å². The number of esters is 1. The Labute approximate surface area is 165 Å². The number of rotatable bonds is 6. The van der Waals surface area contributed by atoms with Crippen molar-refractivity contribution in [2.45, 2.75) is 19.8 Å². The molecule has 0 saturated carbocycles. The van der Waals surface area contributed by atoms with Gasteiger partial charge in [0.1, 0.15) is 11.5 Å². The van der Waals surface area contributed by atoms with Crippen LogP contribution in [0.5, 0.6) is 28.7 Å². The lowest BCUT2D eigenvalue weighted by molar-refractivity contribution is 0.0489. The molecule has 2 aromatic carbocycles. The molecule has 3 aromatic rings. The van der Waals surface area contributed by atoms with Gasteiger partial charge in [-0.2, -0.15) is 0 Å². The molecule has 8 nitrogen and oxygen atoms in total. The fraction of sp³-hybridized carbons (Fsp3) is 0.238. The van der Waals surface area contributed by atoms with Crippen molar-refractivity contribution in [1.29, 1.82) is 0 Å². The summed E-state index contributed by atoms with van der Waals surface area (Å²) in [4.78, 5) is 26.9. The number of pyridine rings is 1. The van der Waals surface area contributed by atoms with Gasteiger partial charge < -0.3 is 29.0 Å². The zero-order chi connectivity index (χ0) is 20.4. The molecular weight excluding hydrogens is 378 g/mol. The molecule has 0 radical (unpaired) electrons. The summed E-state index contributed by atoms with van der Waals surface area (Å²) in [7, 11) is 0. The molecule has 0 aliphatic carbocycles. The first-order valence-corrected chi connectivity index (χ1v) is 9.20. The fourth-order valence-electron chi connectivity index (χ4n) is 2.96. The van der Waals surface area contributed by atoms with Crippen LogP contribution in [-0.2, 0) is 4.74 Å². The zero-order valence-electron chi connectivity index (χ0n) is 15.7. The second-order valence-electron chi connectivity index (χ2n) is 6.49. The quantitative estimate of drug-likeness (QED) is 0.482. The number of ether oxygens (including phenoxy) is 4. The first kappa shape index (κ1) is 18.7. The van der Waals surface area contributed by atoms with E-state index < -0.39 is 11.5 Å². The largest absolute Gasteiger partial charge is 0.505 e. The first-order valence-electron chi connectivity index (χ1n) is 9.20. The molecule has 0 spiro atoms. The Kier molecular flexibility index (Phi) is 4.99. The van der Waals surface area contributed by atoms with E-state index in [2.05, 4.69) is 4.98 Å². The van der Waals surface area contributed by atoms with E-state index in [1.54, 1.807) is 24.3 Å². The number of H-pyrrole nitrogens is 1. The number of aromatic nitrogens is 1. The van der Waals surface area contributed by atoms with Gasteiger partial charge in [0, 0.05) is 11.5 Å². The van der Waals surface area contributed by atoms with Crippen LogP contribution in [0.1, 0.15) is 30.3 Å². The maximum Gasteiger partial charge on any atom is 0.358 e. The van der Waals surface area contributed by atoms with Gasteiger partial charge in [0.25, 0.3) is 5.56 Å². The molecule has 0 unspecified atom stereocenters. The lowest BCUT2D eigenvalue weighted by Crippen LogP contribution is -2.16. The van der Waals surface area contributed by atoms with E-state index in [-0.39, 0.29) is 35.6 Å². The molecule has 2 N–H and O–H groups in total. The maximum absolute atomic E-state index is 12.3. The van der Waals surface area contributed by atoms with E-state index in [0.29, 0.717) is 29.4 Å². The van der Waals surface area contributed by atoms with Crippen LogP contribution in [0.2, 0.25) is 0 Å². The number of hydrogen-bond donors (Lipinski definition) is 2. The van der Waals surface area contributed by atoms with Gasteiger partial charge in [0.05, 0.1) is 12.0 Å². The SMILES string of the molecule is CCCCOC(=O)c1[nH]c(=O)c2ccc(Oc3ccc4c(c3)OCO4)cc2c1O. The van der Waals surface area contributed by atoms with Crippen molar-refractivity contribution in [3.05, 3.63) is 52.4 Å². The molecule has 29 heavy (non-hydrogen) atoms. The van der Waals surface area contributed by atoms with Crippen molar-refractivity contribution < 1.29 is 28.8 Å². The number of aromatic hydroxyl groups is 1. The maximum atomic E-state index is 12.3. The number of aromatic amines is 1. The number of benzene rings is 2. The predicted octanol–water partition coefficient (Wildman–Crippen LogP) is 3.71. The Bertz CT molecular complexity index is 1140. The number of carbonyl (C=O) groups is 1. The number of carbonyl (C=O) groups excluding carboxylic acids is 1. The molecule has 0 fully saturated rings. The molecule has 0 amide bonds. The van der Waals surface area contributed by atoms with Gasteiger partial charge in [0.15, 0.2) is 22.9 Å². The number of unbranched alkanes of at least 4 members (excludes halogenated alkanes) is 1. The summed E-state index contributed by atoms with van der Waals surface area (Å²) in [5.41, 5.74) is -0.784. The van der Waals surface area contributed by atoms with Gasteiger partial charge in [-0.15, -0.1) is 0 Å². The van der Waals surface area contributed by atoms with Crippen LogP contribution in [0.4, 0.5) is 0 Å². The Morgan fingerprint density at radius 2 is 1.86 bits per heavy atom. The van der Waals surface area contributed by atoms with Gasteiger partial charge >= 0.3 is 5.97 Å². The molecule has 1 aliphatic heterocycles. The van der Waals surface area contributed by atoms with Crippen LogP contribution < -0.4 is 19.8 Å². The third-order valence-electron chi connectivity index (χ3n) is 4.48. The summed E-state index contributed by atoms with van der Waals surface area (Å²) >= 11 is 0. The molecular formula is C21H19NO7. The number of nitrogens with one attached hydrogen (secondary N) is 1. The van der Waals surface area contributed by atoms with Crippen molar-refractivity contribution in [1.82, 2.24) is 4.98 Å². The van der Waals surface area contributed by atoms with Crippen LogP contribution in [0.15, 0.2) is 41.2 Å². The van der Waals surface area contributed by atoms with Crippen molar-refractivity contribution in [2.75, 3.05) is 13.4 Å². The molecule has 1 aliphatic rings. The third kappa shape index (κ3) is 3.69. The normalized spacial score (nSPS) is 12.2. The highest BCUT2D eigenvalue weighted by atomic mass is 16.7. The van der Waals surface area contributed by atoms with E-state index >= 15 is 0 Å². The Balaban J connectivity index is 1.66. The summed E-state index contributed by atoms with van der Waals surface area (Å²) in [6.45, 7) is 2.33. The minimum Gasteiger partial charge on any atom is -0.505 e. The average Bonchev–Trinajstić information content (AvgIpc) is 3.18. The summed E-state index contributed by atoms with van der Waals surface area (Å²) in [6, 6.07) is 9.73. The monoisotopic (exact) mass is 397 g/mol. The number of hydrogen-bond acceptors (Lipinski definition) is 7. The molecule has 150 valence electrons. The van der Waals surface area contributed by atoms with E-state index in [9.17, 15) is 14.7 Å². The lowest BCUT2D eigenvalue weighted by Gasteiger charge is -2.10. The Morgan fingerprint density at radius 1 is 1.10 bits per heavy atom. The molecule has 1 aromatic heterocycles. The Hall–Kier alpha value is -3.68. The highest BCUT2D eigenvalue weighted by molar-refractivity contribution is 5.99. The average molecular weight is 397 g/mol. The van der Waals surface area contributed by atoms with Crippen molar-refractivity contribution in [3.8, 4) is 28.7 Å². The van der Waals surface area contributed by atoms with Gasteiger partial charge in [-0.05, 0) is 36.8 Å². The molecule has 0 atom stereocenters. The smallest absolute Gasteiger partial charge is 0.358 e. The van der Waals surface area contributed by atoms with Crippen LogP contribution in [0.3, 0.4) is 0 Å². The molecule has 2 heterocycles. The van der Waals surface area contributed by atoms with Crippen molar-refractivity contribution >= 4 is 16.7 Å². The fourth-order valence-corrected chi connectivity index (χ4v) is 2.96. The predicted molar refractivity (Wildman–Crippen MR) is 104 cm³/mol. The van der Waals surface area contributed by atoms with Gasteiger partial charge in [-0.3, -0.25) is 4.79 Å². The van der Waals surface area contributed by atoms with Crippen molar-refractivity contribution in [2.24, 2.45) is 0 Å². The van der Waals surface area contributed by atoms with E-state index in [0.717, 1.165) is 6.42 Å².